The lowest BCUT2D eigenvalue weighted by molar-refractivity contribution is -0.139. The van der Waals surface area contributed by atoms with E-state index in [4.69, 9.17) is 32.7 Å². The average Bonchev–Trinajstić information content (AvgIpc) is 3.17. The molecule has 1 aromatic heterocycles. The average molecular weight is 562 g/mol. The van der Waals surface area contributed by atoms with Gasteiger partial charge in [-0.05, 0) is 49.9 Å². The van der Waals surface area contributed by atoms with Gasteiger partial charge in [0.15, 0.2) is 0 Å². The summed E-state index contributed by atoms with van der Waals surface area (Å²) in [5, 5.41) is 0.696. The van der Waals surface area contributed by atoms with E-state index < -0.39 is 33.6 Å². The van der Waals surface area contributed by atoms with Crippen molar-refractivity contribution in [1.82, 2.24) is 9.88 Å². The highest BCUT2D eigenvalue weighted by atomic mass is 35.5. The number of halogens is 5. The van der Waals surface area contributed by atoms with Gasteiger partial charge in [0.05, 0.1) is 17.4 Å². The molecule has 0 radical (unpaired) electrons. The van der Waals surface area contributed by atoms with Crippen molar-refractivity contribution in [3.05, 3.63) is 70.3 Å². The molecule has 0 bridgehead atoms. The monoisotopic (exact) mass is 561 g/mol. The first kappa shape index (κ1) is 26.3. The molecular formula is C23H20Cl2F3N3O4S. The minimum Gasteiger partial charge on any atom is -0.488 e. The number of likely N-dealkylation sites (N-methyl/N-ethyl adjacent to an activating group) is 1. The Morgan fingerprint density at radius 2 is 1.81 bits per heavy atom. The summed E-state index contributed by atoms with van der Waals surface area (Å²) in [6.45, 7) is 1.16. The predicted octanol–water partition coefficient (Wildman–Crippen LogP) is 6.08. The van der Waals surface area contributed by atoms with Gasteiger partial charge in [0.25, 0.3) is 10.0 Å². The van der Waals surface area contributed by atoms with E-state index in [-0.39, 0.29) is 16.5 Å². The van der Waals surface area contributed by atoms with E-state index in [1.54, 1.807) is 0 Å². The minimum absolute atomic E-state index is 0.0824. The lowest BCUT2D eigenvalue weighted by Crippen LogP contribution is -2.23. The first-order chi connectivity index (χ1) is 16.9. The van der Waals surface area contributed by atoms with Gasteiger partial charge in [-0.15, -0.1) is 0 Å². The molecule has 1 saturated heterocycles. The van der Waals surface area contributed by atoms with Gasteiger partial charge in [-0.1, -0.05) is 23.2 Å². The summed E-state index contributed by atoms with van der Waals surface area (Å²) in [5.41, 5.74) is -1.07. The number of rotatable bonds is 7. The molecule has 4 rings (SSSR count). The lowest BCUT2D eigenvalue weighted by atomic mass is 10.1. The van der Waals surface area contributed by atoms with Gasteiger partial charge >= 0.3 is 6.18 Å². The van der Waals surface area contributed by atoms with Gasteiger partial charge in [-0.25, -0.2) is 13.4 Å². The summed E-state index contributed by atoms with van der Waals surface area (Å²) in [7, 11) is -2.33. The Morgan fingerprint density at radius 1 is 1.08 bits per heavy atom. The molecule has 0 aliphatic carbocycles. The van der Waals surface area contributed by atoms with Crippen LogP contribution in [0, 0.1) is 0 Å². The smallest absolute Gasteiger partial charge is 0.419 e. The van der Waals surface area contributed by atoms with Gasteiger partial charge in [-0.3, -0.25) is 4.72 Å². The first-order valence-corrected chi connectivity index (χ1v) is 12.8. The van der Waals surface area contributed by atoms with Gasteiger partial charge in [0.1, 0.15) is 22.5 Å². The Hall–Kier alpha value is -2.73. The molecule has 1 unspecified atom stereocenters. The maximum atomic E-state index is 13.5. The van der Waals surface area contributed by atoms with Gasteiger partial charge in [-0.2, -0.15) is 13.2 Å². The molecule has 7 nitrogen and oxygen atoms in total. The Morgan fingerprint density at radius 3 is 2.39 bits per heavy atom. The molecule has 1 N–H and O–H groups in total. The summed E-state index contributed by atoms with van der Waals surface area (Å²) in [5.74, 6) is -0.0523. The fraction of sp³-hybridized carbons (Fsp3) is 0.261. The second-order valence-corrected chi connectivity index (χ2v) is 10.7. The second-order valence-electron chi connectivity index (χ2n) is 8.14. The third kappa shape index (κ3) is 6.52. The summed E-state index contributed by atoms with van der Waals surface area (Å²) in [6.07, 6.45) is -3.48. The van der Waals surface area contributed by atoms with Crippen molar-refractivity contribution in [3.63, 3.8) is 0 Å². The van der Waals surface area contributed by atoms with E-state index in [0.717, 1.165) is 24.4 Å². The van der Waals surface area contributed by atoms with Crippen molar-refractivity contribution >= 4 is 38.9 Å². The van der Waals surface area contributed by atoms with Crippen molar-refractivity contribution in [2.75, 3.05) is 24.9 Å². The van der Waals surface area contributed by atoms with E-state index in [1.807, 2.05) is 11.9 Å². The van der Waals surface area contributed by atoms with Crippen molar-refractivity contribution in [1.29, 1.82) is 0 Å². The number of ether oxygens (including phenoxy) is 2. The number of sulfonamides is 1. The molecular weight excluding hydrogens is 542 g/mol. The highest BCUT2D eigenvalue weighted by molar-refractivity contribution is 7.92. The Bertz CT molecular complexity index is 1340. The van der Waals surface area contributed by atoms with Crippen molar-refractivity contribution in [2.45, 2.75) is 23.6 Å². The van der Waals surface area contributed by atoms with Gasteiger partial charge in [0, 0.05) is 35.3 Å². The first-order valence-electron chi connectivity index (χ1n) is 10.6. The van der Waals surface area contributed by atoms with Crippen LogP contribution in [0.2, 0.25) is 10.0 Å². The van der Waals surface area contributed by atoms with Crippen molar-refractivity contribution in [2.24, 2.45) is 0 Å². The molecule has 13 heteroatoms. The number of anilines is 1. The molecule has 3 aromatic rings. The quantitative estimate of drug-likeness (QED) is 0.376. The van der Waals surface area contributed by atoms with E-state index in [0.29, 0.717) is 35.3 Å². The standard InChI is InChI=1S/C23H20Cl2F3N3O4S/c1-31-7-6-17(13-31)34-21-11-16(2-4-20(21)23(26,27)28)30-36(32,33)19-3-5-22(29-12-19)35-18-9-14(24)8-15(25)10-18/h2-5,8-12,17,30H,6-7,13H2,1H3. The number of likely N-dealkylation sites (tertiary alicyclic amines) is 1. The fourth-order valence-corrected chi connectivity index (χ4v) is 5.10. The number of aromatic nitrogens is 1. The normalized spacial score (nSPS) is 16.7. The number of alkyl halides is 3. The fourth-order valence-electron chi connectivity index (χ4n) is 3.60. The van der Waals surface area contributed by atoms with E-state index in [1.165, 1.54) is 30.3 Å². The lowest BCUT2D eigenvalue weighted by Gasteiger charge is -2.19. The highest BCUT2D eigenvalue weighted by Gasteiger charge is 2.36. The van der Waals surface area contributed by atoms with Crippen molar-refractivity contribution in [3.8, 4) is 17.4 Å². The maximum absolute atomic E-state index is 13.5. The summed E-state index contributed by atoms with van der Waals surface area (Å²) in [6, 6.07) is 9.96. The van der Waals surface area contributed by atoms with Crippen LogP contribution < -0.4 is 14.2 Å². The summed E-state index contributed by atoms with van der Waals surface area (Å²) in [4.78, 5) is 5.69. The second kappa shape index (κ2) is 10.3. The SMILES string of the molecule is CN1CCC(Oc2cc(NS(=O)(=O)c3ccc(Oc4cc(Cl)cc(Cl)c4)nc3)ccc2C(F)(F)F)C1. The van der Waals surface area contributed by atoms with Crippen LogP contribution in [0.5, 0.6) is 17.4 Å². The molecule has 1 aliphatic rings. The molecule has 0 saturated carbocycles. The zero-order chi connectivity index (χ0) is 26.1. The number of nitrogens with one attached hydrogen (secondary N) is 1. The van der Waals surface area contributed by atoms with Crippen molar-refractivity contribution < 1.29 is 31.1 Å². The van der Waals surface area contributed by atoms with Crippen LogP contribution in [0.25, 0.3) is 0 Å². The Balaban J connectivity index is 1.52. The zero-order valence-electron chi connectivity index (χ0n) is 18.7. The van der Waals surface area contributed by atoms with E-state index >= 15 is 0 Å². The van der Waals surface area contributed by atoms with E-state index in [9.17, 15) is 21.6 Å². The Kier molecular flexibility index (Phi) is 7.56. The molecule has 0 spiro atoms. The minimum atomic E-state index is -4.66. The molecule has 2 aromatic carbocycles. The number of hydrogen-bond acceptors (Lipinski definition) is 6. The van der Waals surface area contributed by atoms with Crippen LogP contribution in [0.15, 0.2) is 59.6 Å². The number of nitrogens with zero attached hydrogens (tertiary/aromatic N) is 2. The third-order valence-corrected chi connectivity index (χ3v) is 7.06. The molecule has 2 heterocycles. The molecule has 0 amide bonds. The number of hydrogen-bond donors (Lipinski definition) is 1. The molecule has 1 atom stereocenters. The topological polar surface area (TPSA) is 80.8 Å². The molecule has 36 heavy (non-hydrogen) atoms. The largest absolute Gasteiger partial charge is 0.488 e. The van der Waals surface area contributed by atoms with Crippen LogP contribution in [0.3, 0.4) is 0 Å². The predicted molar refractivity (Wildman–Crippen MR) is 130 cm³/mol. The molecule has 1 fully saturated rings. The maximum Gasteiger partial charge on any atom is 0.419 e. The Labute approximate surface area is 215 Å². The summed E-state index contributed by atoms with van der Waals surface area (Å²) >= 11 is 11.9. The van der Waals surface area contributed by atoms with Crippen LogP contribution >= 0.6 is 23.2 Å². The van der Waals surface area contributed by atoms with Gasteiger partial charge in [0.2, 0.25) is 5.88 Å². The highest BCUT2D eigenvalue weighted by Crippen LogP contribution is 2.39. The van der Waals surface area contributed by atoms with Gasteiger partial charge < -0.3 is 14.4 Å². The third-order valence-electron chi connectivity index (χ3n) is 5.26. The zero-order valence-corrected chi connectivity index (χ0v) is 21.0. The molecule has 1 aliphatic heterocycles. The summed E-state index contributed by atoms with van der Waals surface area (Å²) < 4.78 is 79.6. The number of benzene rings is 2. The molecule has 192 valence electrons. The van der Waals surface area contributed by atoms with Crippen LogP contribution in [-0.4, -0.2) is 44.5 Å². The number of pyridine rings is 1. The van der Waals surface area contributed by atoms with Crippen LogP contribution in [0.1, 0.15) is 12.0 Å². The van der Waals surface area contributed by atoms with Crippen LogP contribution in [0.4, 0.5) is 18.9 Å². The van der Waals surface area contributed by atoms with E-state index in [2.05, 4.69) is 9.71 Å². The van der Waals surface area contributed by atoms with Crippen LogP contribution in [-0.2, 0) is 16.2 Å².